The Hall–Kier alpha value is -2.11. The molecular weight excluding hydrogens is 1010 g/mol. The summed E-state index contributed by atoms with van der Waals surface area (Å²) in [6, 6.07) is 0. The number of hydrogen-bond donors (Lipinski definition) is 0. The summed E-state index contributed by atoms with van der Waals surface area (Å²) < 4.78 is 17.0. The first-order valence-corrected chi connectivity index (χ1v) is 37.3. The third-order valence-electron chi connectivity index (χ3n) is 17.2. The van der Waals surface area contributed by atoms with Gasteiger partial charge in [-0.1, -0.05) is 379 Å². The second-order valence-electron chi connectivity index (χ2n) is 25.6. The lowest BCUT2D eigenvalue weighted by molar-refractivity contribution is -0.167. The maximum atomic E-state index is 13.0. The molecule has 0 N–H and O–H groups in total. The van der Waals surface area contributed by atoms with E-state index in [0.29, 0.717) is 19.3 Å². The van der Waals surface area contributed by atoms with Gasteiger partial charge >= 0.3 is 17.9 Å². The van der Waals surface area contributed by atoms with Crippen LogP contribution >= 0.6 is 0 Å². The Bertz CT molecular complexity index is 1320. The molecule has 0 aliphatic carbocycles. The molecule has 0 saturated heterocycles. The molecule has 0 spiro atoms. The number of allylic oxidation sites excluding steroid dienone is 4. The standard InChI is InChI=1S/C76H144O6/c1-4-7-10-13-16-19-22-25-27-29-31-33-35-36-37-38-39-40-42-43-45-47-49-51-54-57-60-63-66-69-75(78)81-72-73(71-80-74(77)68-65-62-59-56-53-24-21-18-15-12-9-6-3)82-76(79)70-67-64-61-58-55-52-50-48-46-44-41-34-32-30-28-26-23-20-17-14-11-8-5-2/h22,25,29,31,73H,4-21,23-24,26-28,30,32-72H2,1-3H3/b25-22-,31-29-. The van der Waals surface area contributed by atoms with E-state index < -0.39 is 6.10 Å². The highest BCUT2D eigenvalue weighted by Gasteiger charge is 2.20. The third-order valence-corrected chi connectivity index (χ3v) is 17.2. The summed E-state index contributed by atoms with van der Waals surface area (Å²) in [6.07, 6.45) is 88.0. The minimum Gasteiger partial charge on any atom is -0.462 e. The molecule has 82 heavy (non-hydrogen) atoms. The van der Waals surface area contributed by atoms with Gasteiger partial charge in [-0.25, -0.2) is 0 Å². The largest absolute Gasteiger partial charge is 0.462 e. The lowest BCUT2D eigenvalue weighted by Crippen LogP contribution is -2.30. The van der Waals surface area contributed by atoms with E-state index >= 15 is 0 Å². The van der Waals surface area contributed by atoms with Crippen molar-refractivity contribution in [3.05, 3.63) is 24.3 Å². The summed E-state index contributed by atoms with van der Waals surface area (Å²) in [5.41, 5.74) is 0. The Labute approximate surface area is 513 Å². The van der Waals surface area contributed by atoms with E-state index in [2.05, 4.69) is 45.1 Å². The highest BCUT2D eigenvalue weighted by molar-refractivity contribution is 5.71. The number of ether oxygens (including phenoxy) is 3. The van der Waals surface area contributed by atoms with E-state index in [9.17, 15) is 14.4 Å². The van der Waals surface area contributed by atoms with Gasteiger partial charge in [-0.3, -0.25) is 14.4 Å². The van der Waals surface area contributed by atoms with Crippen molar-refractivity contribution < 1.29 is 28.6 Å². The highest BCUT2D eigenvalue weighted by Crippen LogP contribution is 2.19. The molecule has 0 radical (unpaired) electrons. The van der Waals surface area contributed by atoms with Gasteiger partial charge < -0.3 is 14.2 Å². The van der Waals surface area contributed by atoms with Gasteiger partial charge in [-0.2, -0.15) is 0 Å². The minimum absolute atomic E-state index is 0.0632. The van der Waals surface area contributed by atoms with E-state index in [0.717, 1.165) is 64.2 Å². The molecule has 1 unspecified atom stereocenters. The van der Waals surface area contributed by atoms with Gasteiger partial charge in [0.05, 0.1) is 0 Å². The molecule has 6 nitrogen and oxygen atoms in total. The molecule has 0 heterocycles. The van der Waals surface area contributed by atoms with Gasteiger partial charge in [-0.15, -0.1) is 0 Å². The van der Waals surface area contributed by atoms with Gasteiger partial charge in [0.2, 0.25) is 0 Å². The number of unbranched alkanes of at least 4 members (excludes halogenated alkanes) is 55. The van der Waals surface area contributed by atoms with Crippen LogP contribution in [0.2, 0.25) is 0 Å². The fourth-order valence-corrected chi connectivity index (χ4v) is 11.6. The highest BCUT2D eigenvalue weighted by atomic mass is 16.6. The molecule has 0 aliphatic heterocycles. The Morgan fingerprint density at radius 1 is 0.244 bits per heavy atom. The quantitative estimate of drug-likeness (QED) is 0.0261. The second-order valence-corrected chi connectivity index (χ2v) is 25.6. The normalized spacial score (nSPS) is 12.1. The first-order chi connectivity index (χ1) is 40.5. The smallest absolute Gasteiger partial charge is 0.306 e. The number of hydrogen-bond acceptors (Lipinski definition) is 6. The van der Waals surface area contributed by atoms with Crippen molar-refractivity contribution in [3.63, 3.8) is 0 Å². The van der Waals surface area contributed by atoms with Crippen LogP contribution in [-0.4, -0.2) is 37.2 Å². The molecule has 0 rings (SSSR count). The van der Waals surface area contributed by atoms with Gasteiger partial charge in [0.25, 0.3) is 0 Å². The Morgan fingerprint density at radius 2 is 0.439 bits per heavy atom. The van der Waals surface area contributed by atoms with Crippen LogP contribution in [0.1, 0.15) is 425 Å². The van der Waals surface area contributed by atoms with E-state index in [4.69, 9.17) is 14.2 Å². The number of esters is 3. The molecule has 1 atom stereocenters. The van der Waals surface area contributed by atoms with E-state index in [1.165, 1.54) is 321 Å². The maximum absolute atomic E-state index is 13.0. The van der Waals surface area contributed by atoms with Crippen LogP contribution in [0.3, 0.4) is 0 Å². The molecule has 484 valence electrons. The van der Waals surface area contributed by atoms with Crippen molar-refractivity contribution in [2.75, 3.05) is 13.2 Å². The summed E-state index contributed by atoms with van der Waals surface area (Å²) in [6.45, 7) is 6.72. The van der Waals surface area contributed by atoms with Crippen molar-refractivity contribution >= 4 is 17.9 Å². The van der Waals surface area contributed by atoms with E-state index in [-0.39, 0.29) is 31.1 Å². The van der Waals surface area contributed by atoms with Gasteiger partial charge in [0, 0.05) is 19.3 Å². The van der Waals surface area contributed by atoms with Crippen LogP contribution in [0.15, 0.2) is 24.3 Å². The van der Waals surface area contributed by atoms with Crippen LogP contribution < -0.4 is 0 Å². The topological polar surface area (TPSA) is 78.9 Å². The lowest BCUT2D eigenvalue weighted by Gasteiger charge is -2.18. The molecule has 0 aromatic carbocycles. The van der Waals surface area contributed by atoms with E-state index in [1.807, 2.05) is 0 Å². The minimum atomic E-state index is -0.766. The summed E-state index contributed by atoms with van der Waals surface area (Å²) in [4.78, 5) is 38.4. The average molecular weight is 1150 g/mol. The Kier molecular flexibility index (Phi) is 69.5. The molecule has 0 fully saturated rings. The van der Waals surface area contributed by atoms with Crippen LogP contribution in [0.5, 0.6) is 0 Å². The summed E-state index contributed by atoms with van der Waals surface area (Å²) in [7, 11) is 0. The first-order valence-electron chi connectivity index (χ1n) is 37.3. The van der Waals surface area contributed by atoms with Crippen molar-refractivity contribution in [2.45, 2.75) is 431 Å². The van der Waals surface area contributed by atoms with E-state index in [1.54, 1.807) is 0 Å². The van der Waals surface area contributed by atoms with Crippen molar-refractivity contribution in [2.24, 2.45) is 0 Å². The van der Waals surface area contributed by atoms with Crippen LogP contribution in [0.4, 0.5) is 0 Å². The summed E-state index contributed by atoms with van der Waals surface area (Å²) in [5.74, 6) is -0.827. The molecule has 0 aromatic heterocycles. The number of carbonyl (C=O) groups excluding carboxylic acids is 3. The third kappa shape index (κ3) is 68.7. The SMILES string of the molecule is CCCCCCC/C=C\C/C=C\CCCCCCCCCCCCCCCCCCCC(=O)OCC(COC(=O)CCCCCCCCCCCCCC)OC(=O)CCCCCCCCCCCCCCCCCCCCCCCCC. The zero-order valence-corrected chi connectivity index (χ0v) is 55.8. The molecule has 6 heteroatoms. The van der Waals surface area contributed by atoms with Gasteiger partial charge in [0.15, 0.2) is 6.10 Å². The van der Waals surface area contributed by atoms with Gasteiger partial charge in [0.1, 0.15) is 13.2 Å². The zero-order valence-electron chi connectivity index (χ0n) is 55.8. The average Bonchev–Trinajstić information content (AvgIpc) is 3.47. The lowest BCUT2D eigenvalue weighted by atomic mass is 10.0. The predicted molar refractivity (Wildman–Crippen MR) is 358 cm³/mol. The van der Waals surface area contributed by atoms with Crippen LogP contribution in [0, 0.1) is 0 Å². The van der Waals surface area contributed by atoms with Crippen molar-refractivity contribution in [3.8, 4) is 0 Å². The van der Waals surface area contributed by atoms with Crippen molar-refractivity contribution in [1.29, 1.82) is 0 Å². The zero-order chi connectivity index (χ0) is 59.2. The van der Waals surface area contributed by atoms with Gasteiger partial charge in [-0.05, 0) is 51.4 Å². The molecule has 0 aromatic rings. The maximum Gasteiger partial charge on any atom is 0.306 e. The van der Waals surface area contributed by atoms with Crippen LogP contribution in [-0.2, 0) is 28.6 Å². The summed E-state index contributed by atoms with van der Waals surface area (Å²) in [5, 5.41) is 0. The number of carbonyl (C=O) groups is 3. The summed E-state index contributed by atoms with van der Waals surface area (Å²) >= 11 is 0. The van der Waals surface area contributed by atoms with Crippen LogP contribution in [0.25, 0.3) is 0 Å². The number of rotatable bonds is 70. The Balaban J connectivity index is 4.15. The van der Waals surface area contributed by atoms with Crippen molar-refractivity contribution in [1.82, 2.24) is 0 Å². The Morgan fingerprint density at radius 3 is 0.671 bits per heavy atom. The fraction of sp³-hybridized carbons (Fsp3) is 0.908. The molecule has 0 bridgehead atoms. The fourth-order valence-electron chi connectivity index (χ4n) is 11.6. The second kappa shape index (κ2) is 71.4. The predicted octanol–water partition coefficient (Wildman–Crippen LogP) is 25.7. The first kappa shape index (κ1) is 79.9. The molecule has 0 saturated carbocycles. The monoisotopic (exact) mass is 1150 g/mol. The molecular formula is C76H144O6. The molecule has 0 amide bonds. The molecule has 0 aliphatic rings.